The Bertz CT molecular complexity index is 2700. The van der Waals surface area contributed by atoms with E-state index in [4.69, 9.17) is 5.10 Å². The van der Waals surface area contributed by atoms with Crippen molar-refractivity contribution >= 4 is 21.5 Å². The minimum absolute atomic E-state index is 0.462. The van der Waals surface area contributed by atoms with Gasteiger partial charge in [-0.25, -0.2) is 4.68 Å². The first-order chi connectivity index (χ1) is 25.7. The highest BCUT2D eigenvalue weighted by Crippen LogP contribution is 2.57. The fourth-order valence-corrected chi connectivity index (χ4v) is 9.13. The molecule has 1 heterocycles. The summed E-state index contributed by atoms with van der Waals surface area (Å²) in [6.07, 6.45) is 0. The normalized spacial score (nSPS) is 13.0. The third kappa shape index (κ3) is 4.28. The van der Waals surface area contributed by atoms with Crippen LogP contribution >= 0.6 is 0 Å². The molecular weight excluding hydrogens is 629 g/mol. The molecule has 8 aromatic carbocycles. The van der Waals surface area contributed by atoms with Crippen molar-refractivity contribution in [2.75, 3.05) is 0 Å². The van der Waals surface area contributed by atoms with Crippen LogP contribution in [0.1, 0.15) is 33.6 Å². The highest BCUT2D eigenvalue weighted by atomic mass is 15.3. The number of hydrogen-bond donors (Lipinski definition) is 0. The number of hydrogen-bond acceptors (Lipinski definition) is 1. The molecule has 0 radical (unpaired) electrons. The molecule has 10 rings (SSSR count). The molecule has 1 aromatic heterocycles. The summed E-state index contributed by atoms with van der Waals surface area (Å²) >= 11 is 0. The molecule has 0 saturated carbocycles. The summed E-state index contributed by atoms with van der Waals surface area (Å²) in [4.78, 5) is 0. The molecule has 0 unspecified atom stereocenters. The zero-order valence-electron chi connectivity index (χ0n) is 29.2. The molecule has 2 heteroatoms. The second-order valence-electron chi connectivity index (χ2n) is 13.9. The summed E-state index contributed by atoms with van der Waals surface area (Å²) in [5.74, 6) is 0. The van der Waals surface area contributed by atoms with Gasteiger partial charge in [0.25, 0.3) is 0 Å². The van der Waals surface area contributed by atoms with Gasteiger partial charge in [-0.05, 0) is 98.1 Å². The number of fused-ring (bicyclic) bond motifs is 5. The minimum atomic E-state index is -0.462. The van der Waals surface area contributed by atoms with Gasteiger partial charge in [0.15, 0.2) is 0 Å². The van der Waals surface area contributed by atoms with Crippen molar-refractivity contribution in [1.29, 1.82) is 0 Å². The maximum atomic E-state index is 5.10. The average Bonchev–Trinajstić information content (AvgIpc) is 3.68. The third-order valence-electron chi connectivity index (χ3n) is 11.2. The van der Waals surface area contributed by atoms with E-state index in [0.717, 1.165) is 17.1 Å². The van der Waals surface area contributed by atoms with E-state index in [0.29, 0.717) is 0 Å². The smallest absolute Gasteiger partial charge is 0.0713 e. The largest absolute Gasteiger partial charge is 0.237 e. The molecule has 0 spiro atoms. The second kappa shape index (κ2) is 11.8. The van der Waals surface area contributed by atoms with Gasteiger partial charge in [-0.1, -0.05) is 164 Å². The maximum absolute atomic E-state index is 5.10. The molecule has 9 aromatic rings. The number of benzene rings is 8. The maximum Gasteiger partial charge on any atom is 0.0713 e. The van der Waals surface area contributed by atoms with E-state index in [1.54, 1.807) is 0 Å². The molecule has 0 fully saturated rings. The van der Waals surface area contributed by atoms with Crippen LogP contribution in [-0.4, -0.2) is 9.78 Å². The molecule has 1 aliphatic carbocycles. The van der Waals surface area contributed by atoms with E-state index < -0.39 is 5.41 Å². The Labute approximate surface area is 304 Å². The van der Waals surface area contributed by atoms with Gasteiger partial charge < -0.3 is 0 Å². The van der Waals surface area contributed by atoms with Gasteiger partial charge in [0.2, 0.25) is 0 Å². The summed E-state index contributed by atoms with van der Waals surface area (Å²) in [6.45, 7) is 4.34. The molecule has 246 valence electrons. The van der Waals surface area contributed by atoms with E-state index in [2.05, 4.69) is 201 Å². The molecule has 0 amide bonds. The SMILES string of the molecule is Cc1nn(-c2ccccc2)c(C)c1-c1c2ccccc2c(-c2ccc3c(c2)C(c2ccccc2)(c2ccccc2)c2ccccc2-3)c2ccccc12. The standard InChI is InChI=1S/C50H36N2/c1-33-47(34(2)52(51-33)38-22-10-5-11-23-38)49-43-27-14-12-25-41(43)48(42-26-13-15-28-44(42)49)35-30-31-40-39-24-16-17-29-45(39)50(46(40)32-35,36-18-6-3-7-19-36)37-20-8-4-9-21-37/h3-32H,1-2H3. The first-order valence-corrected chi connectivity index (χ1v) is 18.1. The number of nitrogens with zero attached hydrogens (tertiary/aromatic N) is 2. The Hall–Kier alpha value is -6.51. The summed E-state index contributed by atoms with van der Waals surface area (Å²) in [5.41, 5.74) is 15.4. The van der Waals surface area contributed by atoms with Gasteiger partial charge in [0.05, 0.1) is 16.8 Å². The van der Waals surface area contributed by atoms with Gasteiger partial charge in [-0.3, -0.25) is 0 Å². The van der Waals surface area contributed by atoms with Crippen LogP contribution < -0.4 is 0 Å². The fourth-order valence-electron chi connectivity index (χ4n) is 9.13. The monoisotopic (exact) mass is 664 g/mol. The Morgan fingerprint density at radius 3 is 1.50 bits per heavy atom. The molecule has 52 heavy (non-hydrogen) atoms. The molecule has 0 aliphatic heterocycles. The highest BCUT2D eigenvalue weighted by molar-refractivity contribution is 6.22. The molecule has 1 aliphatic rings. The zero-order valence-corrected chi connectivity index (χ0v) is 29.2. The summed E-state index contributed by atoms with van der Waals surface area (Å²) in [7, 11) is 0. The van der Waals surface area contributed by atoms with Gasteiger partial charge in [-0.2, -0.15) is 5.10 Å². The highest BCUT2D eigenvalue weighted by Gasteiger charge is 2.46. The average molecular weight is 665 g/mol. The lowest BCUT2D eigenvalue weighted by molar-refractivity contribution is 0.769. The summed E-state index contributed by atoms with van der Waals surface area (Å²) in [5, 5.41) is 10.0. The predicted molar refractivity (Wildman–Crippen MR) is 216 cm³/mol. The van der Waals surface area contributed by atoms with Crippen LogP contribution in [0.2, 0.25) is 0 Å². The number of para-hydroxylation sites is 1. The zero-order chi connectivity index (χ0) is 34.8. The molecule has 0 N–H and O–H groups in total. The van der Waals surface area contributed by atoms with Crippen molar-refractivity contribution in [2.24, 2.45) is 0 Å². The molecule has 0 bridgehead atoms. The van der Waals surface area contributed by atoms with Crippen molar-refractivity contribution in [1.82, 2.24) is 9.78 Å². The van der Waals surface area contributed by atoms with Gasteiger partial charge >= 0.3 is 0 Å². The first-order valence-electron chi connectivity index (χ1n) is 18.1. The Morgan fingerprint density at radius 2 is 0.904 bits per heavy atom. The predicted octanol–water partition coefficient (Wildman–Crippen LogP) is 12.5. The lowest BCUT2D eigenvalue weighted by Crippen LogP contribution is -2.28. The van der Waals surface area contributed by atoms with Crippen molar-refractivity contribution in [3.05, 3.63) is 216 Å². The molecule has 0 atom stereocenters. The first kappa shape index (κ1) is 30.3. The van der Waals surface area contributed by atoms with Crippen molar-refractivity contribution in [2.45, 2.75) is 19.3 Å². The number of rotatable bonds is 5. The van der Waals surface area contributed by atoms with Crippen LogP contribution in [0.4, 0.5) is 0 Å². The minimum Gasteiger partial charge on any atom is -0.237 e. The molecule has 0 saturated heterocycles. The van der Waals surface area contributed by atoms with E-state index in [1.807, 2.05) is 0 Å². The van der Waals surface area contributed by atoms with Crippen molar-refractivity contribution in [3.63, 3.8) is 0 Å². The quantitative estimate of drug-likeness (QED) is 0.167. The number of aryl methyl sites for hydroxylation is 1. The van der Waals surface area contributed by atoms with Gasteiger partial charge in [0, 0.05) is 16.8 Å². The third-order valence-corrected chi connectivity index (χ3v) is 11.2. The molecule has 2 nitrogen and oxygen atoms in total. The van der Waals surface area contributed by atoms with E-state index in [1.165, 1.54) is 77.2 Å². The Morgan fingerprint density at radius 1 is 0.423 bits per heavy atom. The Balaban J connectivity index is 1.28. The Kier molecular flexibility index (Phi) is 6.87. The second-order valence-corrected chi connectivity index (χ2v) is 13.9. The lowest BCUT2D eigenvalue weighted by atomic mass is 9.67. The number of aromatic nitrogens is 2. The van der Waals surface area contributed by atoms with Crippen molar-refractivity contribution in [3.8, 4) is 39.1 Å². The molecular formula is C50H36N2. The van der Waals surface area contributed by atoms with E-state index in [-0.39, 0.29) is 0 Å². The van der Waals surface area contributed by atoms with Gasteiger partial charge in [-0.15, -0.1) is 0 Å². The summed E-state index contributed by atoms with van der Waals surface area (Å²) < 4.78 is 2.09. The lowest BCUT2D eigenvalue weighted by Gasteiger charge is -2.34. The van der Waals surface area contributed by atoms with Gasteiger partial charge in [0.1, 0.15) is 0 Å². The van der Waals surface area contributed by atoms with Crippen LogP contribution in [0, 0.1) is 13.8 Å². The van der Waals surface area contributed by atoms with E-state index in [9.17, 15) is 0 Å². The van der Waals surface area contributed by atoms with Crippen LogP contribution in [0.5, 0.6) is 0 Å². The van der Waals surface area contributed by atoms with E-state index >= 15 is 0 Å². The van der Waals surface area contributed by atoms with Crippen LogP contribution in [0.15, 0.2) is 182 Å². The topological polar surface area (TPSA) is 17.8 Å². The van der Waals surface area contributed by atoms with Crippen LogP contribution in [0.3, 0.4) is 0 Å². The fraction of sp³-hybridized carbons (Fsp3) is 0.0600. The van der Waals surface area contributed by atoms with Crippen LogP contribution in [0.25, 0.3) is 60.6 Å². The van der Waals surface area contributed by atoms with Crippen molar-refractivity contribution < 1.29 is 0 Å². The van der Waals surface area contributed by atoms with Crippen LogP contribution in [-0.2, 0) is 5.41 Å². The summed E-state index contributed by atoms with van der Waals surface area (Å²) in [6, 6.07) is 66.7.